The Morgan fingerprint density at radius 2 is 1.64 bits per heavy atom. The van der Waals surface area contributed by atoms with Crippen LogP contribution in [0.2, 0.25) is 0 Å². The quantitative estimate of drug-likeness (QED) is 0.597. The molecule has 1 aromatic carbocycles. The van der Waals surface area contributed by atoms with Crippen molar-refractivity contribution >= 4 is 34.3 Å². The van der Waals surface area contributed by atoms with Gasteiger partial charge in [0.15, 0.2) is 0 Å². The molecule has 0 bridgehead atoms. The normalized spacial score (nSPS) is 10.3. The Balaban J connectivity index is 1.76. The molecule has 5 nitrogen and oxygen atoms in total. The van der Waals surface area contributed by atoms with E-state index in [2.05, 4.69) is 37.9 Å². The van der Waals surface area contributed by atoms with Crippen molar-refractivity contribution in [2.75, 3.05) is 5.32 Å². The zero-order chi connectivity index (χ0) is 17.5. The van der Waals surface area contributed by atoms with Crippen molar-refractivity contribution in [1.82, 2.24) is 14.9 Å². The number of nitrogens with zero attached hydrogens (tertiary/aromatic N) is 3. The van der Waals surface area contributed by atoms with Crippen LogP contribution in [0.4, 0.5) is 10.5 Å². The van der Waals surface area contributed by atoms with Gasteiger partial charge in [-0.1, -0.05) is 6.07 Å². The summed E-state index contributed by atoms with van der Waals surface area (Å²) in [5.41, 5.74) is 2.78. The third-order valence-electron chi connectivity index (χ3n) is 3.60. The number of amides is 2. The summed E-state index contributed by atoms with van der Waals surface area (Å²) >= 11 is 2.24. The van der Waals surface area contributed by atoms with Crippen molar-refractivity contribution in [2.24, 2.45) is 0 Å². The number of carbonyl (C=O) groups excluding carboxylic acids is 1. The number of halogens is 1. The number of aromatic nitrogens is 2. The summed E-state index contributed by atoms with van der Waals surface area (Å²) in [6, 6.07) is 15.2. The number of pyridine rings is 2. The average Bonchev–Trinajstić information content (AvgIpc) is 2.65. The Morgan fingerprint density at radius 1 is 0.920 bits per heavy atom. The number of benzene rings is 1. The van der Waals surface area contributed by atoms with E-state index >= 15 is 0 Å². The van der Waals surface area contributed by atoms with E-state index in [4.69, 9.17) is 0 Å². The highest BCUT2D eigenvalue weighted by molar-refractivity contribution is 14.1. The maximum atomic E-state index is 12.8. The van der Waals surface area contributed by atoms with Gasteiger partial charge in [-0.05, 0) is 76.2 Å². The molecule has 2 aromatic heterocycles. The Bertz CT molecular complexity index is 768. The molecule has 2 heterocycles. The zero-order valence-electron chi connectivity index (χ0n) is 13.5. The predicted molar refractivity (Wildman–Crippen MR) is 106 cm³/mol. The van der Waals surface area contributed by atoms with E-state index < -0.39 is 0 Å². The van der Waals surface area contributed by atoms with Crippen LogP contribution < -0.4 is 5.32 Å². The molecule has 0 spiro atoms. The van der Waals surface area contributed by atoms with Gasteiger partial charge in [-0.3, -0.25) is 9.97 Å². The molecule has 2 amide bonds. The van der Waals surface area contributed by atoms with Crippen LogP contribution in [-0.4, -0.2) is 20.9 Å². The molecule has 0 saturated carbocycles. The first kappa shape index (κ1) is 17.3. The van der Waals surface area contributed by atoms with Gasteiger partial charge in [-0.25, -0.2) is 4.79 Å². The van der Waals surface area contributed by atoms with Gasteiger partial charge in [-0.15, -0.1) is 0 Å². The Labute approximate surface area is 160 Å². The Kier molecular flexibility index (Phi) is 5.95. The van der Waals surface area contributed by atoms with Gasteiger partial charge in [0, 0.05) is 47.1 Å². The Hall–Kier alpha value is -2.48. The second-order valence-corrected chi connectivity index (χ2v) is 6.76. The number of carbonyl (C=O) groups is 1. The van der Waals surface area contributed by atoms with Crippen LogP contribution in [0.15, 0.2) is 73.3 Å². The van der Waals surface area contributed by atoms with Crippen LogP contribution in [0, 0.1) is 3.57 Å². The van der Waals surface area contributed by atoms with Gasteiger partial charge in [-0.2, -0.15) is 0 Å². The minimum absolute atomic E-state index is 0.151. The highest BCUT2D eigenvalue weighted by atomic mass is 127. The molecular formula is C19H17IN4O. The maximum absolute atomic E-state index is 12.8. The van der Waals surface area contributed by atoms with Crippen LogP contribution in [0.5, 0.6) is 0 Å². The van der Waals surface area contributed by atoms with E-state index in [1.54, 1.807) is 29.7 Å². The first-order valence-electron chi connectivity index (χ1n) is 7.80. The summed E-state index contributed by atoms with van der Waals surface area (Å²) in [4.78, 5) is 22.7. The molecule has 0 saturated heterocycles. The van der Waals surface area contributed by atoms with Gasteiger partial charge in [0.05, 0.1) is 0 Å². The zero-order valence-corrected chi connectivity index (χ0v) is 15.6. The molecule has 1 N–H and O–H groups in total. The number of urea groups is 1. The van der Waals surface area contributed by atoms with E-state index in [0.717, 1.165) is 20.4 Å². The monoisotopic (exact) mass is 444 g/mol. The van der Waals surface area contributed by atoms with Crippen molar-refractivity contribution in [3.8, 4) is 0 Å². The van der Waals surface area contributed by atoms with E-state index in [0.29, 0.717) is 13.1 Å². The first-order chi connectivity index (χ1) is 12.2. The molecule has 6 heteroatoms. The van der Waals surface area contributed by atoms with Crippen molar-refractivity contribution in [3.63, 3.8) is 0 Å². The number of nitrogens with one attached hydrogen (secondary N) is 1. The minimum Gasteiger partial charge on any atom is -0.316 e. The number of anilines is 1. The van der Waals surface area contributed by atoms with Gasteiger partial charge in [0.25, 0.3) is 0 Å². The Morgan fingerprint density at radius 3 is 2.32 bits per heavy atom. The summed E-state index contributed by atoms with van der Waals surface area (Å²) in [7, 11) is 0. The SMILES string of the molecule is O=C(Nc1ccc(I)cc1)N(Cc1ccncc1)Cc1cccnc1. The lowest BCUT2D eigenvalue weighted by molar-refractivity contribution is 0.206. The van der Waals surface area contributed by atoms with E-state index in [1.165, 1.54) is 0 Å². The summed E-state index contributed by atoms with van der Waals surface area (Å²) in [5.74, 6) is 0. The third-order valence-corrected chi connectivity index (χ3v) is 4.32. The lowest BCUT2D eigenvalue weighted by atomic mass is 10.2. The standard InChI is InChI=1S/C19H17IN4O/c20-17-3-5-18(6-4-17)23-19(25)24(13-15-7-10-21-11-8-15)14-16-2-1-9-22-12-16/h1-12H,13-14H2,(H,23,25). The predicted octanol–water partition coefficient (Wildman–Crippen LogP) is 4.32. The average molecular weight is 444 g/mol. The van der Waals surface area contributed by atoms with Gasteiger partial charge in [0.1, 0.15) is 0 Å². The van der Waals surface area contributed by atoms with Crippen LogP contribution in [-0.2, 0) is 13.1 Å². The topological polar surface area (TPSA) is 58.1 Å². The fourth-order valence-corrected chi connectivity index (χ4v) is 2.72. The van der Waals surface area contributed by atoms with Crippen molar-refractivity contribution in [3.05, 3.63) is 88.0 Å². The van der Waals surface area contributed by atoms with E-state index in [9.17, 15) is 4.79 Å². The molecule has 126 valence electrons. The number of hydrogen-bond acceptors (Lipinski definition) is 3. The first-order valence-corrected chi connectivity index (χ1v) is 8.88. The van der Waals surface area contributed by atoms with Crippen LogP contribution in [0.1, 0.15) is 11.1 Å². The third kappa shape index (κ3) is 5.25. The van der Waals surface area contributed by atoms with Gasteiger partial charge < -0.3 is 10.2 Å². The summed E-state index contributed by atoms with van der Waals surface area (Å²) in [6.45, 7) is 0.972. The maximum Gasteiger partial charge on any atom is 0.322 e. The lowest BCUT2D eigenvalue weighted by Gasteiger charge is -2.23. The molecule has 0 aliphatic carbocycles. The van der Waals surface area contributed by atoms with Crippen molar-refractivity contribution in [2.45, 2.75) is 13.1 Å². The largest absolute Gasteiger partial charge is 0.322 e. The highest BCUT2D eigenvalue weighted by Crippen LogP contribution is 2.14. The molecule has 25 heavy (non-hydrogen) atoms. The molecule has 0 fully saturated rings. The molecule has 0 aliphatic rings. The molecule has 3 rings (SSSR count). The van der Waals surface area contributed by atoms with Crippen molar-refractivity contribution in [1.29, 1.82) is 0 Å². The smallest absolute Gasteiger partial charge is 0.316 e. The molecular weight excluding hydrogens is 427 g/mol. The summed E-state index contributed by atoms with van der Waals surface area (Å²) in [5, 5.41) is 2.96. The van der Waals surface area contributed by atoms with Gasteiger partial charge in [0.2, 0.25) is 0 Å². The highest BCUT2D eigenvalue weighted by Gasteiger charge is 2.15. The number of rotatable bonds is 5. The molecule has 0 unspecified atom stereocenters. The molecule has 0 radical (unpaired) electrons. The molecule has 3 aromatic rings. The summed E-state index contributed by atoms with van der Waals surface area (Å²) in [6.07, 6.45) is 6.96. The van der Waals surface area contributed by atoms with Gasteiger partial charge >= 0.3 is 6.03 Å². The van der Waals surface area contributed by atoms with Crippen molar-refractivity contribution < 1.29 is 4.79 Å². The second kappa shape index (κ2) is 8.57. The van der Waals surface area contributed by atoms with E-state index in [1.807, 2.05) is 48.5 Å². The van der Waals surface area contributed by atoms with Crippen LogP contribution >= 0.6 is 22.6 Å². The fourth-order valence-electron chi connectivity index (χ4n) is 2.36. The lowest BCUT2D eigenvalue weighted by Crippen LogP contribution is -2.34. The van der Waals surface area contributed by atoms with Crippen LogP contribution in [0.25, 0.3) is 0 Å². The fraction of sp³-hybridized carbons (Fsp3) is 0.105. The minimum atomic E-state index is -0.151. The molecule has 0 aliphatic heterocycles. The molecule has 0 atom stereocenters. The summed E-state index contributed by atoms with van der Waals surface area (Å²) < 4.78 is 1.12. The second-order valence-electron chi connectivity index (χ2n) is 5.51. The van der Waals surface area contributed by atoms with Crippen LogP contribution in [0.3, 0.4) is 0 Å². The number of hydrogen-bond donors (Lipinski definition) is 1. The van der Waals surface area contributed by atoms with E-state index in [-0.39, 0.29) is 6.03 Å².